The number of alkyl halides is 3. The Morgan fingerprint density at radius 2 is 2.00 bits per heavy atom. The molecular formula is C10H13ClF3N3. The van der Waals surface area contributed by atoms with Gasteiger partial charge in [0.05, 0.1) is 0 Å². The molecule has 0 unspecified atom stereocenters. The highest BCUT2D eigenvalue weighted by Crippen LogP contribution is 2.29. The van der Waals surface area contributed by atoms with Gasteiger partial charge in [-0.15, -0.1) is 0 Å². The maximum Gasteiger partial charge on any atom is 0.433 e. The topological polar surface area (TPSA) is 37.8 Å². The Kier molecular flexibility index (Phi) is 4.56. The average Bonchev–Trinajstić information content (AvgIpc) is 2.14. The summed E-state index contributed by atoms with van der Waals surface area (Å²) in [6, 6.07) is 0.704. The highest BCUT2D eigenvalue weighted by atomic mass is 35.5. The Morgan fingerprint density at radius 3 is 2.53 bits per heavy atom. The summed E-state index contributed by atoms with van der Waals surface area (Å²) in [6.07, 6.45) is -3.70. The highest BCUT2D eigenvalue weighted by molar-refractivity contribution is 6.29. The van der Waals surface area contributed by atoms with Crippen LogP contribution in [0.15, 0.2) is 6.07 Å². The van der Waals surface area contributed by atoms with Crippen molar-refractivity contribution in [3.05, 3.63) is 16.9 Å². The van der Waals surface area contributed by atoms with Crippen molar-refractivity contribution < 1.29 is 13.2 Å². The second-order valence-corrected chi connectivity index (χ2v) is 4.39. The minimum absolute atomic E-state index is 0.0922. The minimum atomic E-state index is -4.51. The zero-order valence-corrected chi connectivity index (χ0v) is 10.2. The molecular weight excluding hydrogens is 255 g/mol. The van der Waals surface area contributed by atoms with Crippen LogP contribution in [0.2, 0.25) is 5.15 Å². The molecule has 1 aromatic rings. The number of rotatable bonds is 4. The van der Waals surface area contributed by atoms with Gasteiger partial charge in [0.1, 0.15) is 5.15 Å². The number of nitrogens with one attached hydrogen (secondary N) is 1. The van der Waals surface area contributed by atoms with Crippen molar-refractivity contribution in [2.24, 2.45) is 5.92 Å². The van der Waals surface area contributed by atoms with E-state index in [0.717, 1.165) is 6.42 Å². The van der Waals surface area contributed by atoms with Gasteiger partial charge in [0.25, 0.3) is 0 Å². The SMILES string of the molecule is CC(C)CCNc1nc(Cl)cc(C(F)(F)F)n1. The Bertz CT molecular complexity index is 380. The molecule has 0 aliphatic rings. The number of hydrogen-bond donors (Lipinski definition) is 1. The van der Waals surface area contributed by atoms with Gasteiger partial charge in [-0.1, -0.05) is 25.4 Å². The molecule has 17 heavy (non-hydrogen) atoms. The lowest BCUT2D eigenvalue weighted by atomic mass is 10.1. The van der Waals surface area contributed by atoms with Gasteiger partial charge in [-0.2, -0.15) is 13.2 Å². The van der Waals surface area contributed by atoms with E-state index < -0.39 is 11.9 Å². The first kappa shape index (κ1) is 14.0. The first-order valence-corrected chi connectivity index (χ1v) is 5.52. The van der Waals surface area contributed by atoms with Gasteiger partial charge in [-0.05, 0) is 12.3 Å². The molecule has 0 bridgehead atoms. The lowest BCUT2D eigenvalue weighted by Crippen LogP contribution is -2.13. The second kappa shape index (κ2) is 5.53. The van der Waals surface area contributed by atoms with Crippen LogP contribution >= 0.6 is 11.6 Å². The molecule has 0 amide bonds. The van der Waals surface area contributed by atoms with E-state index in [2.05, 4.69) is 15.3 Å². The Hall–Kier alpha value is -1.04. The van der Waals surface area contributed by atoms with Crippen molar-refractivity contribution in [3.63, 3.8) is 0 Å². The van der Waals surface area contributed by atoms with Crippen molar-refractivity contribution in [1.82, 2.24) is 9.97 Å². The van der Waals surface area contributed by atoms with Gasteiger partial charge in [0, 0.05) is 12.6 Å². The van der Waals surface area contributed by atoms with E-state index in [-0.39, 0.29) is 11.1 Å². The molecule has 0 radical (unpaired) electrons. The summed E-state index contributed by atoms with van der Waals surface area (Å²) in [6.45, 7) is 4.54. The number of hydrogen-bond acceptors (Lipinski definition) is 3. The van der Waals surface area contributed by atoms with Crippen LogP contribution in [0.1, 0.15) is 26.0 Å². The molecule has 1 rings (SSSR count). The normalized spacial score (nSPS) is 11.9. The fraction of sp³-hybridized carbons (Fsp3) is 0.600. The first-order chi connectivity index (χ1) is 7.79. The van der Waals surface area contributed by atoms with Crippen LogP contribution < -0.4 is 5.32 Å². The molecule has 1 heterocycles. The quantitative estimate of drug-likeness (QED) is 0.847. The minimum Gasteiger partial charge on any atom is -0.354 e. The van der Waals surface area contributed by atoms with E-state index >= 15 is 0 Å². The van der Waals surface area contributed by atoms with Gasteiger partial charge >= 0.3 is 6.18 Å². The maximum atomic E-state index is 12.4. The fourth-order valence-electron chi connectivity index (χ4n) is 1.11. The Morgan fingerprint density at radius 1 is 1.35 bits per heavy atom. The predicted octanol–water partition coefficient (Wildman–Crippen LogP) is 3.61. The number of nitrogens with zero attached hydrogens (tertiary/aromatic N) is 2. The van der Waals surface area contributed by atoms with Crippen molar-refractivity contribution in [1.29, 1.82) is 0 Å². The summed E-state index contributed by atoms with van der Waals surface area (Å²) >= 11 is 5.51. The van der Waals surface area contributed by atoms with Crippen molar-refractivity contribution in [2.75, 3.05) is 11.9 Å². The smallest absolute Gasteiger partial charge is 0.354 e. The van der Waals surface area contributed by atoms with E-state index in [0.29, 0.717) is 18.5 Å². The van der Waals surface area contributed by atoms with Crippen molar-refractivity contribution in [3.8, 4) is 0 Å². The van der Waals surface area contributed by atoms with Gasteiger partial charge in [0.15, 0.2) is 5.69 Å². The summed E-state index contributed by atoms with van der Waals surface area (Å²) in [5.74, 6) is 0.356. The molecule has 7 heteroatoms. The van der Waals surface area contributed by atoms with Crippen LogP contribution in [0.5, 0.6) is 0 Å². The van der Waals surface area contributed by atoms with Crippen molar-refractivity contribution >= 4 is 17.5 Å². The van der Waals surface area contributed by atoms with Crippen LogP contribution in [-0.2, 0) is 6.18 Å². The van der Waals surface area contributed by atoms with Crippen molar-refractivity contribution in [2.45, 2.75) is 26.4 Å². The van der Waals surface area contributed by atoms with Gasteiger partial charge in [-0.3, -0.25) is 0 Å². The molecule has 0 saturated heterocycles. The third-order valence-electron chi connectivity index (χ3n) is 1.99. The molecule has 0 aliphatic carbocycles. The van der Waals surface area contributed by atoms with Gasteiger partial charge in [0.2, 0.25) is 5.95 Å². The molecule has 0 aliphatic heterocycles. The second-order valence-electron chi connectivity index (χ2n) is 4.01. The van der Waals surface area contributed by atoms with Crippen LogP contribution in [0.3, 0.4) is 0 Å². The maximum absolute atomic E-state index is 12.4. The largest absolute Gasteiger partial charge is 0.433 e. The molecule has 0 aromatic carbocycles. The Balaban J connectivity index is 2.76. The molecule has 0 atom stereocenters. The average molecular weight is 268 g/mol. The molecule has 96 valence electrons. The summed E-state index contributed by atoms with van der Waals surface area (Å²) in [5.41, 5.74) is -1.04. The molecule has 0 fully saturated rings. The van der Waals surface area contributed by atoms with Crippen LogP contribution in [0, 0.1) is 5.92 Å². The summed E-state index contributed by atoms with van der Waals surface area (Å²) < 4.78 is 37.3. The lowest BCUT2D eigenvalue weighted by Gasteiger charge is -2.10. The third kappa shape index (κ3) is 4.77. The molecule has 0 spiro atoms. The summed E-state index contributed by atoms with van der Waals surface area (Å²) in [5, 5.41) is 2.50. The monoisotopic (exact) mass is 267 g/mol. The zero-order valence-electron chi connectivity index (χ0n) is 9.48. The first-order valence-electron chi connectivity index (χ1n) is 5.14. The van der Waals surface area contributed by atoms with Gasteiger partial charge in [-0.25, -0.2) is 9.97 Å². The van der Waals surface area contributed by atoms with E-state index in [1.165, 1.54) is 0 Å². The standard InChI is InChI=1S/C10H13ClF3N3/c1-6(2)3-4-15-9-16-7(10(12,13)14)5-8(11)17-9/h5-6H,3-4H2,1-2H3,(H,15,16,17). The summed E-state index contributed by atoms with van der Waals surface area (Å²) in [7, 11) is 0. The van der Waals surface area contributed by atoms with Crippen LogP contribution in [-0.4, -0.2) is 16.5 Å². The van der Waals surface area contributed by atoms with E-state index in [1.807, 2.05) is 13.8 Å². The van der Waals surface area contributed by atoms with E-state index in [9.17, 15) is 13.2 Å². The number of aromatic nitrogens is 2. The molecule has 0 saturated carbocycles. The van der Waals surface area contributed by atoms with E-state index in [4.69, 9.17) is 11.6 Å². The van der Waals surface area contributed by atoms with Crippen LogP contribution in [0.4, 0.5) is 19.1 Å². The zero-order chi connectivity index (χ0) is 13.1. The lowest BCUT2D eigenvalue weighted by molar-refractivity contribution is -0.141. The predicted molar refractivity (Wildman–Crippen MR) is 60.0 cm³/mol. The molecule has 3 nitrogen and oxygen atoms in total. The Labute approximate surface area is 102 Å². The summed E-state index contributed by atoms with van der Waals surface area (Å²) in [4.78, 5) is 7.06. The van der Waals surface area contributed by atoms with Gasteiger partial charge < -0.3 is 5.32 Å². The fourth-order valence-corrected chi connectivity index (χ4v) is 1.30. The molecule has 1 N–H and O–H groups in total. The number of halogens is 4. The van der Waals surface area contributed by atoms with E-state index in [1.54, 1.807) is 0 Å². The molecule has 1 aromatic heterocycles. The number of anilines is 1. The third-order valence-corrected chi connectivity index (χ3v) is 2.18. The highest BCUT2D eigenvalue weighted by Gasteiger charge is 2.33. The van der Waals surface area contributed by atoms with Crippen LogP contribution in [0.25, 0.3) is 0 Å².